The zero-order valence-corrected chi connectivity index (χ0v) is 11.7. The van der Waals surface area contributed by atoms with Crippen molar-refractivity contribution in [3.05, 3.63) is 0 Å². The zero-order valence-electron chi connectivity index (χ0n) is 11.7. The third-order valence-electron chi connectivity index (χ3n) is 5.05. The minimum absolute atomic E-state index is 0.0371. The third-order valence-corrected chi connectivity index (χ3v) is 5.05. The van der Waals surface area contributed by atoms with Gasteiger partial charge in [-0.1, -0.05) is 26.2 Å². The molecule has 2 amide bonds. The summed E-state index contributed by atoms with van der Waals surface area (Å²) in [6.45, 7) is 2.51. The number of hydrogen-bond acceptors (Lipinski definition) is 2. The Morgan fingerprint density at radius 2 is 2.00 bits per heavy atom. The maximum atomic E-state index is 12.6. The molecule has 3 fully saturated rings. The Labute approximate surface area is 114 Å². The van der Waals surface area contributed by atoms with Gasteiger partial charge in [0.05, 0.1) is 6.54 Å². The standard InChI is InChI=1S/C15H24N2O2/c1-2-10-4-3-5-12(8-10)17-9-13(18)16-14(15(17)19)11-6-7-11/h10-12,14H,2-9H2,1H3,(H,16,18). The highest BCUT2D eigenvalue weighted by Gasteiger charge is 2.44. The Morgan fingerprint density at radius 3 is 2.68 bits per heavy atom. The van der Waals surface area contributed by atoms with Crippen LogP contribution in [0.5, 0.6) is 0 Å². The monoisotopic (exact) mass is 264 g/mol. The van der Waals surface area contributed by atoms with Crippen molar-refractivity contribution in [1.29, 1.82) is 0 Å². The van der Waals surface area contributed by atoms with Gasteiger partial charge in [0.1, 0.15) is 6.04 Å². The van der Waals surface area contributed by atoms with Gasteiger partial charge in [0.15, 0.2) is 0 Å². The molecule has 0 bridgehead atoms. The third kappa shape index (κ3) is 2.63. The molecule has 0 spiro atoms. The quantitative estimate of drug-likeness (QED) is 0.843. The second-order valence-electron chi connectivity index (χ2n) is 6.44. The van der Waals surface area contributed by atoms with Crippen molar-refractivity contribution in [1.82, 2.24) is 10.2 Å². The van der Waals surface area contributed by atoms with E-state index in [1.807, 2.05) is 4.90 Å². The van der Waals surface area contributed by atoms with E-state index in [0.717, 1.165) is 31.6 Å². The smallest absolute Gasteiger partial charge is 0.246 e. The summed E-state index contributed by atoms with van der Waals surface area (Å²) in [5.41, 5.74) is 0. The Kier molecular flexibility index (Phi) is 3.50. The predicted octanol–water partition coefficient (Wildman–Crippen LogP) is 1.69. The first-order valence-electron chi connectivity index (χ1n) is 7.79. The Hall–Kier alpha value is -1.06. The number of hydrogen-bond donors (Lipinski definition) is 1. The first-order valence-corrected chi connectivity index (χ1v) is 7.79. The fourth-order valence-electron chi connectivity index (χ4n) is 3.67. The molecule has 19 heavy (non-hydrogen) atoms. The van der Waals surface area contributed by atoms with Gasteiger partial charge in [-0.25, -0.2) is 0 Å². The summed E-state index contributed by atoms with van der Waals surface area (Å²) in [6, 6.07) is 0.0850. The van der Waals surface area contributed by atoms with Crippen LogP contribution in [0.15, 0.2) is 0 Å². The molecule has 0 aromatic carbocycles. The average molecular weight is 264 g/mol. The van der Waals surface area contributed by atoms with Crippen LogP contribution in [0, 0.1) is 11.8 Å². The van der Waals surface area contributed by atoms with Crippen molar-refractivity contribution in [2.45, 2.75) is 64.0 Å². The van der Waals surface area contributed by atoms with Crippen LogP contribution < -0.4 is 5.32 Å². The Morgan fingerprint density at radius 1 is 1.21 bits per heavy atom. The lowest BCUT2D eigenvalue weighted by molar-refractivity contribution is -0.148. The first kappa shape index (κ1) is 12.9. The van der Waals surface area contributed by atoms with E-state index in [-0.39, 0.29) is 24.4 Å². The highest BCUT2D eigenvalue weighted by molar-refractivity contribution is 5.95. The fourth-order valence-corrected chi connectivity index (χ4v) is 3.67. The summed E-state index contributed by atoms with van der Waals surface area (Å²) in [4.78, 5) is 26.3. The second-order valence-corrected chi connectivity index (χ2v) is 6.44. The van der Waals surface area contributed by atoms with E-state index in [0.29, 0.717) is 12.0 Å². The lowest BCUT2D eigenvalue weighted by Crippen LogP contribution is -2.61. The number of nitrogens with one attached hydrogen (secondary N) is 1. The van der Waals surface area contributed by atoms with E-state index in [1.165, 1.54) is 19.3 Å². The number of amides is 2. The molecular weight excluding hydrogens is 240 g/mol. The van der Waals surface area contributed by atoms with Gasteiger partial charge in [0.25, 0.3) is 0 Å². The van der Waals surface area contributed by atoms with E-state index < -0.39 is 0 Å². The molecule has 3 atom stereocenters. The molecule has 3 unspecified atom stereocenters. The Bertz CT molecular complexity index is 378. The predicted molar refractivity (Wildman–Crippen MR) is 72.4 cm³/mol. The molecular formula is C15H24N2O2. The highest BCUT2D eigenvalue weighted by atomic mass is 16.2. The van der Waals surface area contributed by atoms with Crippen LogP contribution in [0.4, 0.5) is 0 Å². The summed E-state index contributed by atoms with van der Waals surface area (Å²) < 4.78 is 0. The Balaban J connectivity index is 1.70. The molecule has 2 aliphatic carbocycles. The van der Waals surface area contributed by atoms with E-state index >= 15 is 0 Å². The number of nitrogens with zero attached hydrogens (tertiary/aromatic N) is 1. The van der Waals surface area contributed by atoms with Crippen LogP contribution in [-0.4, -0.2) is 35.3 Å². The van der Waals surface area contributed by atoms with Crippen molar-refractivity contribution >= 4 is 11.8 Å². The van der Waals surface area contributed by atoms with Crippen molar-refractivity contribution in [3.63, 3.8) is 0 Å². The summed E-state index contributed by atoms with van der Waals surface area (Å²) in [5, 5.41) is 2.89. The van der Waals surface area contributed by atoms with Crippen molar-refractivity contribution in [3.8, 4) is 0 Å². The molecule has 0 aromatic rings. The summed E-state index contributed by atoms with van der Waals surface area (Å²) in [5.74, 6) is 1.36. The second kappa shape index (κ2) is 5.14. The van der Waals surface area contributed by atoms with Gasteiger partial charge in [-0.2, -0.15) is 0 Å². The topological polar surface area (TPSA) is 49.4 Å². The van der Waals surface area contributed by atoms with Crippen molar-refractivity contribution in [2.75, 3.05) is 6.54 Å². The maximum Gasteiger partial charge on any atom is 0.246 e. The van der Waals surface area contributed by atoms with Crippen molar-refractivity contribution < 1.29 is 9.59 Å². The molecule has 1 heterocycles. The summed E-state index contributed by atoms with van der Waals surface area (Å²) in [7, 11) is 0. The van der Waals surface area contributed by atoms with E-state index in [1.54, 1.807) is 0 Å². The summed E-state index contributed by atoms with van der Waals surface area (Å²) in [6.07, 6.45) is 8.02. The SMILES string of the molecule is CCC1CCCC(N2CC(=O)NC(C3CC3)C2=O)C1. The lowest BCUT2D eigenvalue weighted by Gasteiger charge is -2.41. The van der Waals surface area contributed by atoms with Gasteiger partial charge in [0.2, 0.25) is 11.8 Å². The van der Waals surface area contributed by atoms with E-state index in [4.69, 9.17) is 0 Å². The molecule has 3 rings (SSSR count). The van der Waals surface area contributed by atoms with Crippen LogP contribution in [0.3, 0.4) is 0 Å². The van der Waals surface area contributed by atoms with Crippen molar-refractivity contribution in [2.24, 2.45) is 11.8 Å². The minimum atomic E-state index is -0.219. The average Bonchev–Trinajstić information content (AvgIpc) is 3.25. The molecule has 1 N–H and O–H groups in total. The zero-order chi connectivity index (χ0) is 13.4. The first-order chi connectivity index (χ1) is 9.19. The molecule has 1 saturated heterocycles. The number of carbonyl (C=O) groups is 2. The molecule has 106 valence electrons. The molecule has 0 aromatic heterocycles. The van der Waals surface area contributed by atoms with Crippen LogP contribution in [-0.2, 0) is 9.59 Å². The molecule has 3 aliphatic rings. The molecule has 4 heteroatoms. The van der Waals surface area contributed by atoms with E-state index in [2.05, 4.69) is 12.2 Å². The summed E-state index contributed by atoms with van der Waals surface area (Å²) >= 11 is 0. The van der Waals surface area contributed by atoms with Gasteiger partial charge < -0.3 is 10.2 Å². The molecule has 4 nitrogen and oxygen atoms in total. The molecule has 2 saturated carbocycles. The molecule has 1 aliphatic heterocycles. The number of piperazine rings is 1. The largest absolute Gasteiger partial charge is 0.342 e. The normalized spacial score (nSPS) is 36.3. The van der Waals surface area contributed by atoms with Gasteiger partial charge >= 0.3 is 0 Å². The van der Waals surface area contributed by atoms with E-state index in [9.17, 15) is 9.59 Å². The number of carbonyl (C=O) groups excluding carboxylic acids is 2. The fraction of sp³-hybridized carbons (Fsp3) is 0.867. The molecule has 0 radical (unpaired) electrons. The van der Waals surface area contributed by atoms with Crippen LogP contribution in [0.1, 0.15) is 51.9 Å². The lowest BCUT2D eigenvalue weighted by atomic mass is 9.83. The number of rotatable bonds is 3. The van der Waals surface area contributed by atoms with Gasteiger partial charge in [-0.3, -0.25) is 9.59 Å². The highest BCUT2D eigenvalue weighted by Crippen LogP contribution is 2.36. The maximum absolute atomic E-state index is 12.6. The minimum Gasteiger partial charge on any atom is -0.342 e. The van der Waals surface area contributed by atoms with Crippen LogP contribution in [0.2, 0.25) is 0 Å². The van der Waals surface area contributed by atoms with Crippen LogP contribution >= 0.6 is 0 Å². The van der Waals surface area contributed by atoms with Gasteiger partial charge in [0, 0.05) is 6.04 Å². The van der Waals surface area contributed by atoms with Gasteiger partial charge in [-0.05, 0) is 37.5 Å². The van der Waals surface area contributed by atoms with Gasteiger partial charge in [-0.15, -0.1) is 0 Å². The van der Waals surface area contributed by atoms with Crippen LogP contribution in [0.25, 0.3) is 0 Å².